The molecule has 17 heavy (non-hydrogen) atoms. The lowest BCUT2D eigenvalue weighted by Gasteiger charge is -2.17. The van der Waals surface area contributed by atoms with E-state index in [4.69, 9.17) is 0 Å². The van der Waals surface area contributed by atoms with E-state index in [1.54, 1.807) is 0 Å². The van der Waals surface area contributed by atoms with Crippen LogP contribution >= 0.6 is 0 Å². The lowest BCUT2D eigenvalue weighted by atomic mass is 10.2. The van der Waals surface area contributed by atoms with Crippen molar-refractivity contribution in [2.75, 3.05) is 18.0 Å². The topological polar surface area (TPSA) is 32.3 Å². The number of hydrogen-bond acceptors (Lipinski definition) is 2. The van der Waals surface area contributed by atoms with Crippen LogP contribution in [0.25, 0.3) is 0 Å². The van der Waals surface area contributed by atoms with E-state index in [1.165, 1.54) is 4.90 Å². The van der Waals surface area contributed by atoms with Gasteiger partial charge in [0.1, 0.15) is 11.6 Å². The first kappa shape index (κ1) is 12.0. The lowest BCUT2D eigenvalue weighted by Crippen LogP contribution is -2.32. The monoisotopic (exact) mass is 240 g/mol. The summed E-state index contributed by atoms with van der Waals surface area (Å²) >= 11 is 0. The molecule has 1 atom stereocenters. The average molecular weight is 240 g/mol. The van der Waals surface area contributed by atoms with Gasteiger partial charge in [-0.15, -0.1) is 0 Å². The minimum Gasteiger partial charge on any atom is -0.312 e. The van der Waals surface area contributed by atoms with Gasteiger partial charge in [0, 0.05) is 25.1 Å². The number of nitrogens with zero attached hydrogens (tertiary/aromatic N) is 1. The van der Waals surface area contributed by atoms with E-state index in [-0.39, 0.29) is 17.6 Å². The highest BCUT2D eigenvalue weighted by atomic mass is 19.1. The summed E-state index contributed by atoms with van der Waals surface area (Å²) in [6, 6.07) is 3.15. The SMILES string of the molecule is CCNC1CC(=O)N(c2cc(F)ccc2F)C1. The largest absolute Gasteiger partial charge is 0.312 e. The third kappa shape index (κ3) is 2.44. The van der Waals surface area contributed by atoms with Gasteiger partial charge in [-0.2, -0.15) is 0 Å². The maximum atomic E-state index is 13.5. The second-order valence-corrected chi connectivity index (χ2v) is 4.06. The number of rotatable bonds is 3. The third-order valence-electron chi connectivity index (χ3n) is 2.82. The lowest BCUT2D eigenvalue weighted by molar-refractivity contribution is -0.117. The molecule has 1 aromatic carbocycles. The molecule has 0 radical (unpaired) electrons. The highest BCUT2D eigenvalue weighted by Crippen LogP contribution is 2.25. The van der Waals surface area contributed by atoms with Crippen molar-refractivity contribution >= 4 is 11.6 Å². The Labute approximate surface area is 98.4 Å². The molecular formula is C12H14F2N2O. The smallest absolute Gasteiger partial charge is 0.228 e. The summed E-state index contributed by atoms with van der Waals surface area (Å²) in [4.78, 5) is 13.0. The number of hydrogen-bond donors (Lipinski definition) is 1. The summed E-state index contributed by atoms with van der Waals surface area (Å²) in [5.41, 5.74) is 0.0235. The number of benzene rings is 1. The molecule has 0 saturated carbocycles. The molecule has 1 N–H and O–H groups in total. The third-order valence-corrected chi connectivity index (χ3v) is 2.82. The van der Waals surface area contributed by atoms with Crippen molar-refractivity contribution in [3.8, 4) is 0 Å². The molecule has 1 aliphatic heterocycles. The van der Waals surface area contributed by atoms with Gasteiger partial charge in [-0.1, -0.05) is 6.92 Å². The fourth-order valence-corrected chi connectivity index (χ4v) is 2.06. The number of halogens is 2. The first-order valence-electron chi connectivity index (χ1n) is 5.60. The van der Waals surface area contributed by atoms with Crippen LogP contribution in [0.1, 0.15) is 13.3 Å². The molecule has 2 rings (SSSR count). The Morgan fingerprint density at radius 3 is 2.94 bits per heavy atom. The van der Waals surface area contributed by atoms with Crippen LogP contribution in [0.5, 0.6) is 0 Å². The molecular weight excluding hydrogens is 226 g/mol. The van der Waals surface area contributed by atoms with Gasteiger partial charge in [0.15, 0.2) is 0 Å². The van der Waals surface area contributed by atoms with Gasteiger partial charge in [0.05, 0.1) is 5.69 Å². The predicted molar refractivity (Wildman–Crippen MR) is 60.8 cm³/mol. The van der Waals surface area contributed by atoms with Gasteiger partial charge in [0.25, 0.3) is 0 Å². The van der Waals surface area contributed by atoms with Crippen LogP contribution in [0.2, 0.25) is 0 Å². The Kier molecular flexibility index (Phi) is 3.38. The van der Waals surface area contributed by atoms with Crippen LogP contribution in [-0.2, 0) is 4.79 Å². The summed E-state index contributed by atoms with van der Waals surface area (Å²) in [7, 11) is 0. The second kappa shape index (κ2) is 4.79. The van der Waals surface area contributed by atoms with E-state index in [9.17, 15) is 13.6 Å². The molecule has 1 amide bonds. The van der Waals surface area contributed by atoms with Crippen LogP contribution in [-0.4, -0.2) is 25.0 Å². The van der Waals surface area contributed by atoms with Crippen molar-refractivity contribution in [2.24, 2.45) is 0 Å². The molecule has 92 valence electrons. The zero-order chi connectivity index (χ0) is 12.4. The number of amides is 1. The molecule has 0 aliphatic carbocycles. The van der Waals surface area contributed by atoms with Crippen LogP contribution in [0.15, 0.2) is 18.2 Å². The normalized spacial score (nSPS) is 20.1. The zero-order valence-corrected chi connectivity index (χ0v) is 9.54. The number of likely N-dealkylation sites (N-methyl/N-ethyl adjacent to an activating group) is 1. The summed E-state index contributed by atoms with van der Waals surface area (Å²) < 4.78 is 26.6. The zero-order valence-electron chi connectivity index (χ0n) is 9.54. The van der Waals surface area contributed by atoms with Gasteiger partial charge < -0.3 is 10.2 Å². The highest BCUT2D eigenvalue weighted by molar-refractivity contribution is 5.96. The van der Waals surface area contributed by atoms with Crippen molar-refractivity contribution in [3.05, 3.63) is 29.8 Å². The van der Waals surface area contributed by atoms with Crippen molar-refractivity contribution in [3.63, 3.8) is 0 Å². The summed E-state index contributed by atoms with van der Waals surface area (Å²) in [6.07, 6.45) is 0.323. The van der Waals surface area contributed by atoms with E-state index in [1.807, 2.05) is 6.92 Å². The summed E-state index contributed by atoms with van der Waals surface area (Å²) in [5, 5.41) is 3.13. The van der Waals surface area contributed by atoms with Crippen molar-refractivity contribution in [2.45, 2.75) is 19.4 Å². The van der Waals surface area contributed by atoms with Crippen LogP contribution in [0.4, 0.5) is 14.5 Å². The first-order chi connectivity index (χ1) is 8.11. The fourth-order valence-electron chi connectivity index (χ4n) is 2.06. The summed E-state index contributed by atoms with van der Waals surface area (Å²) in [6.45, 7) is 3.07. The van der Waals surface area contributed by atoms with Crippen molar-refractivity contribution < 1.29 is 13.6 Å². The minimum atomic E-state index is -0.572. The number of carbonyl (C=O) groups excluding carboxylic acids is 1. The number of carbonyl (C=O) groups is 1. The molecule has 5 heteroatoms. The fraction of sp³-hybridized carbons (Fsp3) is 0.417. The Hall–Kier alpha value is -1.49. The number of nitrogens with one attached hydrogen (secondary N) is 1. The average Bonchev–Trinajstić information content (AvgIpc) is 2.64. The number of anilines is 1. The molecule has 1 fully saturated rings. The van der Waals surface area contributed by atoms with Gasteiger partial charge in [-0.25, -0.2) is 8.78 Å². The first-order valence-corrected chi connectivity index (χ1v) is 5.60. The molecule has 0 aromatic heterocycles. The van der Waals surface area contributed by atoms with E-state index in [0.717, 1.165) is 24.7 Å². The van der Waals surface area contributed by atoms with E-state index in [0.29, 0.717) is 13.0 Å². The van der Waals surface area contributed by atoms with Crippen LogP contribution < -0.4 is 10.2 Å². The Bertz CT molecular complexity index is 437. The second-order valence-electron chi connectivity index (χ2n) is 4.06. The maximum absolute atomic E-state index is 13.5. The minimum absolute atomic E-state index is 0.00941. The molecule has 1 aliphatic rings. The maximum Gasteiger partial charge on any atom is 0.228 e. The molecule has 0 bridgehead atoms. The molecule has 1 heterocycles. The molecule has 0 spiro atoms. The van der Waals surface area contributed by atoms with E-state index in [2.05, 4.69) is 5.32 Å². The van der Waals surface area contributed by atoms with Crippen LogP contribution in [0.3, 0.4) is 0 Å². The summed E-state index contributed by atoms with van der Waals surface area (Å²) in [5.74, 6) is -1.29. The van der Waals surface area contributed by atoms with E-state index < -0.39 is 11.6 Å². The van der Waals surface area contributed by atoms with Gasteiger partial charge in [0.2, 0.25) is 5.91 Å². The standard InChI is InChI=1S/C12H14F2N2O/c1-2-15-9-6-12(17)16(7-9)11-5-8(13)3-4-10(11)14/h3-5,9,15H,2,6-7H2,1H3. The quantitative estimate of drug-likeness (QED) is 0.871. The predicted octanol–water partition coefficient (Wildman–Crippen LogP) is 1.68. The van der Waals surface area contributed by atoms with Crippen molar-refractivity contribution in [1.82, 2.24) is 5.32 Å². The molecule has 1 saturated heterocycles. The van der Waals surface area contributed by atoms with Crippen molar-refractivity contribution in [1.29, 1.82) is 0 Å². The molecule has 1 aromatic rings. The van der Waals surface area contributed by atoms with Gasteiger partial charge in [-0.05, 0) is 18.7 Å². The van der Waals surface area contributed by atoms with Gasteiger partial charge in [-0.3, -0.25) is 4.79 Å². The van der Waals surface area contributed by atoms with Crippen LogP contribution in [0, 0.1) is 11.6 Å². The Morgan fingerprint density at radius 1 is 1.47 bits per heavy atom. The Balaban J connectivity index is 2.22. The Morgan fingerprint density at radius 2 is 2.24 bits per heavy atom. The molecule has 3 nitrogen and oxygen atoms in total. The molecule has 1 unspecified atom stereocenters. The van der Waals surface area contributed by atoms with E-state index >= 15 is 0 Å². The highest BCUT2D eigenvalue weighted by Gasteiger charge is 2.31. The van der Waals surface area contributed by atoms with Gasteiger partial charge >= 0.3 is 0 Å².